The summed E-state index contributed by atoms with van der Waals surface area (Å²) in [6.07, 6.45) is 10.9. The molecule has 15 heavy (non-hydrogen) atoms. The lowest BCUT2D eigenvalue weighted by molar-refractivity contribution is 0.00270. The molecule has 0 amide bonds. The van der Waals surface area contributed by atoms with Crippen LogP contribution in [0.25, 0.3) is 0 Å². The van der Waals surface area contributed by atoms with E-state index in [9.17, 15) is 0 Å². The van der Waals surface area contributed by atoms with Gasteiger partial charge in [-0.3, -0.25) is 0 Å². The van der Waals surface area contributed by atoms with Gasteiger partial charge in [-0.25, -0.2) is 0 Å². The van der Waals surface area contributed by atoms with Crippen LogP contribution in [-0.4, -0.2) is 0 Å². The van der Waals surface area contributed by atoms with E-state index < -0.39 is 0 Å². The first-order valence-electron chi connectivity index (χ1n) is 7.24. The first-order valence-corrected chi connectivity index (χ1v) is 7.24. The largest absolute Gasteiger partial charge is 0.0625 e. The molecule has 3 aliphatic rings. The van der Waals surface area contributed by atoms with Gasteiger partial charge >= 0.3 is 0 Å². The monoisotopic (exact) mass is 206 g/mol. The molecule has 3 aliphatic carbocycles. The summed E-state index contributed by atoms with van der Waals surface area (Å²) in [5.41, 5.74) is 0. The lowest BCUT2D eigenvalue weighted by atomic mass is 9.56. The molecule has 3 fully saturated rings. The van der Waals surface area contributed by atoms with E-state index in [1.165, 1.54) is 6.42 Å². The molecule has 0 nitrogen and oxygen atoms in total. The van der Waals surface area contributed by atoms with Crippen molar-refractivity contribution in [2.24, 2.45) is 35.5 Å². The Morgan fingerprint density at radius 1 is 0.667 bits per heavy atom. The molecule has 0 heterocycles. The number of hydrogen-bond acceptors (Lipinski definition) is 0. The van der Waals surface area contributed by atoms with E-state index in [0.717, 1.165) is 35.5 Å². The van der Waals surface area contributed by atoms with Gasteiger partial charge in [0.15, 0.2) is 0 Å². The zero-order valence-electron chi connectivity index (χ0n) is 10.4. The Hall–Kier alpha value is 0. The fourth-order valence-electron chi connectivity index (χ4n) is 4.91. The van der Waals surface area contributed by atoms with Gasteiger partial charge in [0.05, 0.1) is 0 Å². The Labute approximate surface area is 94.8 Å². The molecule has 3 saturated carbocycles. The van der Waals surface area contributed by atoms with Crippen LogP contribution in [0, 0.1) is 35.5 Å². The molecular formula is C15H26. The smallest absolute Gasteiger partial charge is 0.0360 e. The fourth-order valence-corrected chi connectivity index (χ4v) is 4.91. The molecule has 0 aromatic rings. The maximum absolute atomic E-state index is 2.47. The highest BCUT2D eigenvalue weighted by Crippen LogP contribution is 2.53. The number of hydrogen-bond donors (Lipinski definition) is 0. The Kier molecular flexibility index (Phi) is 2.57. The molecule has 0 heteroatoms. The minimum atomic E-state index is 1.04. The maximum Gasteiger partial charge on any atom is -0.0360 e. The minimum Gasteiger partial charge on any atom is -0.0625 e. The zero-order valence-corrected chi connectivity index (χ0v) is 10.4. The summed E-state index contributed by atoms with van der Waals surface area (Å²) in [5.74, 6) is 6.64. The van der Waals surface area contributed by atoms with Gasteiger partial charge in [-0.2, -0.15) is 0 Å². The van der Waals surface area contributed by atoms with Crippen molar-refractivity contribution in [3.8, 4) is 0 Å². The molecular weight excluding hydrogens is 180 g/mol. The summed E-state index contributed by atoms with van der Waals surface area (Å²) in [7, 11) is 0. The second-order valence-corrected chi connectivity index (χ2v) is 6.89. The van der Waals surface area contributed by atoms with Gasteiger partial charge in [0.25, 0.3) is 0 Å². The second-order valence-electron chi connectivity index (χ2n) is 6.89. The summed E-state index contributed by atoms with van der Waals surface area (Å²) in [6, 6.07) is 0. The molecule has 0 spiro atoms. The van der Waals surface area contributed by atoms with E-state index in [1.54, 1.807) is 38.5 Å². The first kappa shape index (κ1) is 10.2. The zero-order chi connectivity index (χ0) is 10.4. The molecule has 6 unspecified atom stereocenters. The van der Waals surface area contributed by atoms with Crippen LogP contribution in [0.3, 0.4) is 0 Å². The van der Waals surface area contributed by atoms with Crippen molar-refractivity contribution in [1.82, 2.24) is 0 Å². The van der Waals surface area contributed by atoms with Gasteiger partial charge in [-0.15, -0.1) is 0 Å². The average molecular weight is 206 g/mol. The molecule has 3 rings (SSSR count). The van der Waals surface area contributed by atoms with Crippen LogP contribution < -0.4 is 0 Å². The molecule has 0 bridgehead atoms. The summed E-state index contributed by atoms with van der Waals surface area (Å²) < 4.78 is 0. The highest BCUT2D eigenvalue weighted by Gasteiger charge is 2.44. The lowest BCUT2D eigenvalue weighted by Crippen LogP contribution is -2.40. The Morgan fingerprint density at radius 3 is 2.00 bits per heavy atom. The maximum atomic E-state index is 2.47. The van der Waals surface area contributed by atoms with Crippen molar-refractivity contribution in [3.05, 3.63) is 0 Å². The van der Waals surface area contributed by atoms with Crippen molar-refractivity contribution in [3.63, 3.8) is 0 Å². The number of fused-ring (bicyclic) bond motifs is 1. The van der Waals surface area contributed by atoms with E-state index in [0.29, 0.717) is 0 Å². The standard InChI is InChI=1S/C15H26/c1-10-3-4-12(7-10)13-5-6-15-11(2)8-14(15)9-13/h10-15H,3-9H2,1-2H3. The highest BCUT2D eigenvalue weighted by atomic mass is 14.5. The van der Waals surface area contributed by atoms with Gasteiger partial charge in [0.2, 0.25) is 0 Å². The van der Waals surface area contributed by atoms with Crippen molar-refractivity contribution >= 4 is 0 Å². The Morgan fingerprint density at radius 2 is 1.40 bits per heavy atom. The molecule has 0 radical (unpaired) electrons. The van der Waals surface area contributed by atoms with Crippen LogP contribution in [-0.2, 0) is 0 Å². The van der Waals surface area contributed by atoms with Gasteiger partial charge in [-0.1, -0.05) is 20.3 Å². The molecule has 0 aliphatic heterocycles. The lowest BCUT2D eigenvalue weighted by Gasteiger charge is -2.50. The van der Waals surface area contributed by atoms with Crippen LogP contribution in [0.2, 0.25) is 0 Å². The average Bonchev–Trinajstić information content (AvgIpc) is 2.63. The highest BCUT2D eigenvalue weighted by molar-refractivity contribution is 4.94. The summed E-state index contributed by atoms with van der Waals surface area (Å²) >= 11 is 0. The third kappa shape index (κ3) is 1.74. The minimum absolute atomic E-state index is 1.04. The van der Waals surface area contributed by atoms with Crippen LogP contribution in [0.4, 0.5) is 0 Å². The normalized spacial score (nSPS) is 54.8. The van der Waals surface area contributed by atoms with Gasteiger partial charge < -0.3 is 0 Å². The molecule has 0 saturated heterocycles. The Bertz CT molecular complexity index is 232. The SMILES string of the molecule is CC1CCC(C2CCC3C(C)CC3C2)C1. The topological polar surface area (TPSA) is 0 Å². The van der Waals surface area contributed by atoms with Gasteiger partial charge in [0.1, 0.15) is 0 Å². The third-order valence-electron chi connectivity index (χ3n) is 5.89. The van der Waals surface area contributed by atoms with E-state index in [4.69, 9.17) is 0 Å². The second kappa shape index (κ2) is 3.79. The van der Waals surface area contributed by atoms with E-state index >= 15 is 0 Å². The van der Waals surface area contributed by atoms with Crippen molar-refractivity contribution < 1.29 is 0 Å². The third-order valence-corrected chi connectivity index (χ3v) is 5.89. The molecule has 0 N–H and O–H groups in total. The molecule has 86 valence electrons. The van der Waals surface area contributed by atoms with Crippen LogP contribution in [0.5, 0.6) is 0 Å². The number of rotatable bonds is 1. The van der Waals surface area contributed by atoms with Crippen LogP contribution >= 0.6 is 0 Å². The van der Waals surface area contributed by atoms with Gasteiger partial charge in [0, 0.05) is 0 Å². The summed E-state index contributed by atoms with van der Waals surface area (Å²) in [5, 5.41) is 0. The van der Waals surface area contributed by atoms with Crippen LogP contribution in [0.1, 0.15) is 58.8 Å². The molecule has 0 aromatic carbocycles. The van der Waals surface area contributed by atoms with Crippen molar-refractivity contribution in [2.75, 3.05) is 0 Å². The molecule has 6 atom stereocenters. The quantitative estimate of drug-likeness (QED) is 0.593. The summed E-state index contributed by atoms with van der Waals surface area (Å²) in [6.45, 7) is 4.93. The van der Waals surface area contributed by atoms with E-state index in [2.05, 4.69) is 13.8 Å². The first-order chi connectivity index (χ1) is 7.24. The predicted molar refractivity (Wildman–Crippen MR) is 64.6 cm³/mol. The van der Waals surface area contributed by atoms with E-state index in [1.807, 2.05) is 0 Å². The van der Waals surface area contributed by atoms with Crippen molar-refractivity contribution in [1.29, 1.82) is 0 Å². The predicted octanol–water partition coefficient (Wildman–Crippen LogP) is 4.49. The van der Waals surface area contributed by atoms with Crippen LogP contribution in [0.15, 0.2) is 0 Å². The van der Waals surface area contributed by atoms with Crippen molar-refractivity contribution in [2.45, 2.75) is 58.8 Å². The fraction of sp³-hybridized carbons (Fsp3) is 1.00. The molecule has 0 aromatic heterocycles. The van der Waals surface area contributed by atoms with E-state index in [-0.39, 0.29) is 0 Å². The van der Waals surface area contributed by atoms with Gasteiger partial charge in [-0.05, 0) is 74.0 Å². The Balaban J connectivity index is 1.56. The summed E-state index contributed by atoms with van der Waals surface area (Å²) in [4.78, 5) is 0.